The summed E-state index contributed by atoms with van der Waals surface area (Å²) in [5, 5.41) is 4.13. The summed E-state index contributed by atoms with van der Waals surface area (Å²) in [7, 11) is 0. The number of rotatable bonds is 13. The van der Waals surface area contributed by atoms with Gasteiger partial charge in [-0.2, -0.15) is 5.10 Å². The van der Waals surface area contributed by atoms with Gasteiger partial charge in [-0.3, -0.25) is 4.79 Å². The number of carbonyl (C=O) groups excluding carboxylic acids is 1. The fourth-order valence-corrected chi connectivity index (χ4v) is 2.62. The zero-order chi connectivity index (χ0) is 18.2. The minimum atomic E-state index is 0.00964. The van der Waals surface area contributed by atoms with Crippen LogP contribution in [-0.2, 0) is 4.79 Å². The number of nitrogens with zero attached hydrogens (tertiary/aromatic N) is 1. The normalized spacial score (nSPS) is 11.8. The molecule has 1 aromatic rings. The average molecular weight is 343 g/mol. The van der Waals surface area contributed by atoms with Crippen LogP contribution in [0, 0.1) is 0 Å². The van der Waals surface area contributed by atoms with E-state index in [0.29, 0.717) is 6.42 Å². The van der Waals surface area contributed by atoms with Gasteiger partial charge in [-0.25, -0.2) is 5.43 Å². The van der Waals surface area contributed by atoms with Gasteiger partial charge in [0.15, 0.2) is 0 Å². The summed E-state index contributed by atoms with van der Waals surface area (Å²) in [5.74, 6) is 0.00964. The maximum absolute atomic E-state index is 11.8. The van der Waals surface area contributed by atoms with Crippen LogP contribution in [0.2, 0.25) is 0 Å². The molecule has 1 amide bonds. The molecular formula is C22H34N2O. The summed E-state index contributed by atoms with van der Waals surface area (Å²) in [6.07, 6.45) is 15.8. The van der Waals surface area contributed by atoms with Crippen molar-refractivity contribution in [1.82, 2.24) is 5.43 Å². The van der Waals surface area contributed by atoms with E-state index in [4.69, 9.17) is 0 Å². The summed E-state index contributed by atoms with van der Waals surface area (Å²) in [5.41, 5.74) is 4.56. The minimum Gasteiger partial charge on any atom is -0.273 e. The van der Waals surface area contributed by atoms with Crippen LogP contribution < -0.4 is 5.43 Å². The minimum absolute atomic E-state index is 0.00964. The van der Waals surface area contributed by atoms with Crippen LogP contribution in [-0.4, -0.2) is 11.6 Å². The van der Waals surface area contributed by atoms with Gasteiger partial charge in [-0.15, -0.1) is 0 Å². The third-order valence-corrected chi connectivity index (χ3v) is 4.18. The molecule has 0 aliphatic rings. The molecular weight excluding hydrogens is 308 g/mol. The quantitative estimate of drug-likeness (QED) is 0.262. The lowest BCUT2D eigenvalue weighted by Gasteiger charge is -2.02. The van der Waals surface area contributed by atoms with Gasteiger partial charge < -0.3 is 0 Å². The zero-order valence-corrected chi connectivity index (χ0v) is 16.0. The molecule has 25 heavy (non-hydrogen) atoms. The Balaban J connectivity index is 2.07. The zero-order valence-electron chi connectivity index (χ0n) is 16.0. The monoisotopic (exact) mass is 342 g/mol. The van der Waals surface area contributed by atoms with E-state index in [2.05, 4.69) is 17.5 Å². The van der Waals surface area contributed by atoms with Crippen molar-refractivity contribution < 1.29 is 4.79 Å². The molecule has 0 fully saturated rings. The second kappa shape index (κ2) is 14.4. The van der Waals surface area contributed by atoms with Crippen LogP contribution >= 0.6 is 0 Å². The highest BCUT2D eigenvalue weighted by atomic mass is 16.2. The van der Waals surface area contributed by atoms with Crippen molar-refractivity contribution in [1.29, 1.82) is 0 Å². The summed E-state index contributed by atoms with van der Waals surface area (Å²) in [4.78, 5) is 11.8. The first-order valence-corrected chi connectivity index (χ1v) is 9.78. The van der Waals surface area contributed by atoms with Crippen LogP contribution in [0.5, 0.6) is 0 Å². The smallest absolute Gasteiger partial charge is 0.240 e. The Morgan fingerprint density at radius 1 is 0.960 bits per heavy atom. The Kier molecular flexibility index (Phi) is 12.2. The van der Waals surface area contributed by atoms with Gasteiger partial charge in [0.05, 0.1) is 5.71 Å². The molecule has 1 aromatic carbocycles. The lowest BCUT2D eigenvalue weighted by molar-refractivity contribution is -0.121. The van der Waals surface area contributed by atoms with Crippen LogP contribution in [0.15, 0.2) is 41.5 Å². The van der Waals surface area contributed by atoms with Gasteiger partial charge >= 0.3 is 0 Å². The third kappa shape index (κ3) is 12.2. The lowest BCUT2D eigenvalue weighted by Crippen LogP contribution is -2.18. The first-order chi connectivity index (χ1) is 12.2. The number of amides is 1. The number of benzene rings is 1. The predicted molar refractivity (Wildman–Crippen MR) is 109 cm³/mol. The maximum Gasteiger partial charge on any atom is 0.240 e. The number of hydrogen-bond acceptors (Lipinski definition) is 2. The Morgan fingerprint density at radius 2 is 1.56 bits per heavy atom. The van der Waals surface area contributed by atoms with E-state index in [1.165, 1.54) is 44.9 Å². The van der Waals surface area contributed by atoms with Crippen molar-refractivity contribution in [2.75, 3.05) is 0 Å². The molecule has 1 rings (SSSR count). The van der Waals surface area contributed by atoms with Gasteiger partial charge in [-0.1, -0.05) is 94.7 Å². The molecule has 0 unspecified atom stereocenters. The molecule has 0 saturated heterocycles. The molecule has 0 atom stereocenters. The summed E-state index contributed by atoms with van der Waals surface area (Å²) in [6, 6.07) is 10.1. The lowest BCUT2D eigenvalue weighted by atomic mass is 10.1. The highest BCUT2D eigenvalue weighted by molar-refractivity contribution is 5.96. The van der Waals surface area contributed by atoms with Gasteiger partial charge in [0, 0.05) is 6.42 Å². The maximum atomic E-state index is 11.8. The molecule has 0 radical (unpaired) electrons. The van der Waals surface area contributed by atoms with Crippen LogP contribution in [0.1, 0.15) is 83.6 Å². The number of allylic oxidation sites excluding steroid dienone is 1. The Labute approximate surface area is 153 Å². The average Bonchev–Trinajstić information content (AvgIpc) is 2.64. The number of carbonyl (C=O) groups is 1. The molecule has 0 aromatic heterocycles. The van der Waals surface area contributed by atoms with Crippen LogP contribution in [0.25, 0.3) is 6.08 Å². The van der Waals surface area contributed by atoms with Crippen molar-refractivity contribution in [2.24, 2.45) is 5.10 Å². The van der Waals surface area contributed by atoms with E-state index < -0.39 is 0 Å². The first kappa shape index (κ1) is 21.1. The highest BCUT2D eigenvalue weighted by Gasteiger charge is 1.99. The molecule has 0 aliphatic carbocycles. The first-order valence-electron chi connectivity index (χ1n) is 9.78. The van der Waals surface area contributed by atoms with Gasteiger partial charge in [0.2, 0.25) is 5.91 Å². The molecule has 3 heteroatoms. The molecule has 0 bridgehead atoms. The van der Waals surface area contributed by atoms with Crippen molar-refractivity contribution in [2.45, 2.75) is 78.1 Å². The Morgan fingerprint density at radius 3 is 2.20 bits per heavy atom. The van der Waals surface area contributed by atoms with E-state index in [1.54, 1.807) is 0 Å². The van der Waals surface area contributed by atoms with E-state index in [1.807, 2.05) is 49.4 Å². The molecule has 0 aliphatic heterocycles. The molecule has 0 heterocycles. The summed E-state index contributed by atoms with van der Waals surface area (Å²) in [6.45, 7) is 4.13. The summed E-state index contributed by atoms with van der Waals surface area (Å²) >= 11 is 0. The fourth-order valence-electron chi connectivity index (χ4n) is 2.62. The van der Waals surface area contributed by atoms with Crippen molar-refractivity contribution >= 4 is 17.7 Å². The van der Waals surface area contributed by atoms with Crippen LogP contribution in [0.3, 0.4) is 0 Å². The van der Waals surface area contributed by atoms with E-state index in [-0.39, 0.29) is 5.91 Å². The Hall–Kier alpha value is -1.90. The topological polar surface area (TPSA) is 41.5 Å². The molecule has 0 spiro atoms. The van der Waals surface area contributed by atoms with Crippen molar-refractivity contribution in [3.63, 3.8) is 0 Å². The summed E-state index contributed by atoms with van der Waals surface area (Å²) < 4.78 is 0. The number of hydrogen-bond donors (Lipinski definition) is 1. The fraction of sp³-hybridized carbons (Fsp3) is 0.545. The SMILES string of the molecule is CCCCCCCCCCCC(=O)N/N=C(C)/C=C/c1ccccc1. The largest absolute Gasteiger partial charge is 0.273 e. The van der Waals surface area contributed by atoms with E-state index >= 15 is 0 Å². The van der Waals surface area contributed by atoms with Gasteiger partial charge in [0.1, 0.15) is 0 Å². The van der Waals surface area contributed by atoms with E-state index in [0.717, 1.165) is 24.1 Å². The van der Waals surface area contributed by atoms with Gasteiger partial charge in [-0.05, 0) is 25.0 Å². The molecule has 138 valence electrons. The van der Waals surface area contributed by atoms with Crippen LogP contribution in [0.4, 0.5) is 0 Å². The van der Waals surface area contributed by atoms with Crippen molar-refractivity contribution in [3.05, 3.63) is 42.0 Å². The second-order valence-corrected chi connectivity index (χ2v) is 6.61. The highest BCUT2D eigenvalue weighted by Crippen LogP contribution is 2.10. The molecule has 1 N–H and O–H groups in total. The number of hydrazone groups is 1. The Bertz CT molecular complexity index is 520. The molecule has 3 nitrogen and oxygen atoms in total. The molecule has 0 saturated carbocycles. The number of nitrogens with one attached hydrogen (secondary N) is 1. The predicted octanol–water partition coefficient (Wildman–Crippen LogP) is 6.11. The number of unbranched alkanes of at least 4 members (excludes halogenated alkanes) is 8. The van der Waals surface area contributed by atoms with Crippen molar-refractivity contribution in [3.8, 4) is 0 Å². The van der Waals surface area contributed by atoms with E-state index in [9.17, 15) is 4.79 Å². The second-order valence-electron chi connectivity index (χ2n) is 6.61. The standard InChI is InChI=1S/C22H34N2O/c1-3-4-5-6-7-8-9-10-14-17-22(25)24-23-20(2)18-19-21-15-12-11-13-16-21/h11-13,15-16,18-19H,3-10,14,17H2,1-2H3,(H,24,25)/b19-18+,23-20+. The third-order valence-electron chi connectivity index (χ3n) is 4.18. The van der Waals surface area contributed by atoms with Gasteiger partial charge in [0.25, 0.3) is 0 Å².